The van der Waals surface area contributed by atoms with Gasteiger partial charge in [-0.25, -0.2) is 0 Å². The average Bonchev–Trinajstić information content (AvgIpc) is 3.34. The van der Waals surface area contributed by atoms with E-state index in [0.29, 0.717) is 22.6 Å². The molecule has 0 spiro atoms. The summed E-state index contributed by atoms with van der Waals surface area (Å²) >= 11 is 1.27. The van der Waals surface area contributed by atoms with Crippen LogP contribution >= 0.6 is 11.8 Å². The lowest BCUT2D eigenvalue weighted by Gasteiger charge is -2.33. The predicted octanol–water partition coefficient (Wildman–Crippen LogP) is 3.98. The first kappa shape index (κ1) is 19.5. The first-order chi connectivity index (χ1) is 13.0. The standard InChI is InChI=1S/C19H25N3O4S/c1-5-12(3)22(13(4)6-2)17(23)10-27-19-21-20-18(26-19)14-7-8-15-16(9-14)25-11-24-15/h7-9,12-13H,5-6,10-11H2,1-4H3/t12-,13-/m0/s1. The summed E-state index contributed by atoms with van der Waals surface area (Å²) in [4.78, 5) is 14.7. The molecule has 0 saturated carbocycles. The van der Waals surface area contributed by atoms with Gasteiger partial charge in [-0.05, 0) is 44.9 Å². The Morgan fingerprint density at radius 3 is 2.56 bits per heavy atom. The largest absolute Gasteiger partial charge is 0.454 e. The molecular formula is C19H25N3O4S. The van der Waals surface area contributed by atoms with Crippen molar-refractivity contribution >= 4 is 17.7 Å². The Balaban J connectivity index is 1.64. The van der Waals surface area contributed by atoms with Gasteiger partial charge in [0.1, 0.15) is 0 Å². The highest BCUT2D eigenvalue weighted by Crippen LogP contribution is 2.36. The zero-order valence-corrected chi connectivity index (χ0v) is 16.9. The average molecular weight is 391 g/mol. The second-order valence-electron chi connectivity index (χ2n) is 6.55. The van der Waals surface area contributed by atoms with Crippen molar-refractivity contribution in [1.29, 1.82) is 0 Å². The van der Waals surface area contributed by atoms with Crippen LogP contribution in [0.2, 0.25) is 0 Å². The van der Waals surface area contributed by atoms with Crippen LogP contribution in [0, 0.1) is 0 Å². The number of aromatic nitrogens is 2. The van der Waals surface area contributed by atoms with Gasteiger partial charge in [-0.15, -0.1) is 10.2 Å². The molecule has 0 aliphatic carbocycles. The van der Waals surface area contributed by atoms with Crippen LogP contribution in [0.3, 0.4) is 0 Å². The van der Waals surface area contributed by atoms with E-state index < -0.39 is 0 Å². The molecule has 1 aliphatic rings. The van der Waals surface area contributed by atoms with Crippen LogP contribution < -0.4 is 9.47 Å². The number of hydrogen-bond donors (Lipinski definition) is 0. The molecule has 0 unspecified atom stereocenters. The molecule has 1 aliphatic heterocycles. The SMILES string of the molecule is CC[C@H](C)N(C(=O)CSc1nnc(-c2ccc3c(c2)OCO3)o1)[C@@H](C)CC. The fraction of sp³-hybridized carbons (Fsp3) is 0.526. The van der Waals surface area contributed by atoms with Crippen LogP contribution in [-0.4, -0.2) is 45.6 Å². The second-order valence-corrected chi connectivity index (χ2v) is 7.47. The van der Waals surface area contributed by atoms with E-state index in [-0.39, 0.29) is 30.5 Å². The first-order valence-electron chi connectivity index (χ1n) is 9.20. The Kier molecular flexibility index (Phi) is 6.26. The van der Waals surface area contributed by atoms with Gasteiger partial charge in [-0.3, -0.25) is 4.79 Å². The van der Waals surface area contributed by atoms with Crippen molar-refractivity contribution in [3.8, 4) is 23.0 Å². The number of fused-ring (bicyclic) bond motifs is 1. The Bertz CT molecular complexity index is 785. The van der Waals surface area contributed by atoms with Crippen molar-refractivity contribution in [2.24, 2.45) is 0 Å². The topological polar surface area (TPSA) is 77.7 Å². The lowest BCUT2D eigenvalue weighted by Crippen LogP contribution is -2.45. The Morgan fingerprint density at radius 1 is 1.15 bits per heavy atom. The Labute approximate surface area is 163 Å². The number of nitrogens with zero attached hydrogens (tertiary/aromatic N) is 3. The van der Waals surface area contributed by atoms with Gasteiger partial charge in [0.25, 0.3) is 5.22 Å². The minimum atomic E-state index is 0.0894. The quantitative estimate of drug-likeness (QED) is 0.630. The van der Waals surface area contributed by atoms with Crippen molar-refractivity contribution in [3.05, 3.63) is 18.2 Å². The minimum absolute atomic E-state index is 0.0894. The van der Waals surface area contributed by atoms with Gasteiger partial charge in [-0.1, -0.05) is 25.6 Å². The zero-order chi connectivity index (χ0) is 19.4. The summed E-state index contributed by atoms with van der Waals surface area (Å²) in [5.41, 5.74) is 0.755. The molecule has 3 rings (SSSR count). The number of benzene rings is 1. The maximum Gasteiger partial charge on any atom is 0.277 e. The number of amides is 1. The fourth-order valence-electron chi connectivity index (χ4n) is 2.93. The van der Waals surface area contributed by atoms with Crippen LogP contribution in [0.1, 0.15) is 40.5 Å². The Morgan fingerprint density at radius 2 is 1.85 bits per heavy atom. The molecule has 2 atom stereocenters. The van der Waals surface area contributed by atoms with E-state index in [1.165, 1.54) is 11.8 Å². The van der Waals surface area contributed by atoms with Crippen molar-refractivity contribution in [1.82, 2.24) is 15.1 Å². The second kappa shape index (κ2) is 8.65. The van der Waals surface area contributed by atoms with Gasteiger partial charge >= 0.3 is 0 Å². The third-order valence-electron chi connectivity index (χ3n) is 4.76. The monoisotopic (exact) mass is 391 g/mol. The van der Waals surface area contributed by atoms with Crippen LogP contribution in [0.5, 0.6) is 11.5 Å². The third-order valence-corrected chi connectivity index (χ3v) is 5.57. The van der Waals surface area contributed by atoms with Gasteiger partial charge < -0.3 is 18.8 Å². The van der Waals surface area contributed by atoms with Gasteiger partial charge in [0.05, 0.1) is 5.75 Å². The van der Waals surface area contributed by atoms with E-state index in [1.807, 2.05) is 23.1 Å². The van der Waals surface area contributed by atoms with E-state index in [0.717, 1.165) is 18.4 Å². The van der Waals surface area contributed by atoms with E-state index >= 15 is 0 Å². The summed E-state index contributed by atoms with van der Waals surface area (Å²) in [6.45, 7) is 8.57. The van der Waals surface area contributed by atoms with E-state index in [1.54, 1.807) is 0 Å². The summed E-state index contributed by atoms with van der Waals surface area (Å²) in [6.07, 6.45) is 1.85. The molecule has 0 saturated heterocycles. The molecule has 146 valence electrons. The number of carbonyl (C=O) groups is 1. The molecule has 0 bridgehead atoms. The van der Waals surface area contributed by atoms with Crippen molar-refractivity contribution in [3.63, 3.8) is 0 Å². The maximum atomic E-state index is 12.7. The van der Waals surface area contributed by atoms with Gasteiger partial charge in [0, 0.05) is 17.6 Å². The summed E-state index contributed by atoms with van der Waals surface area (Å²) in [5, 5.41) is 8.51. The predicted molar refractivity (Wildman–Crippen MR) is 103 cm³/mol. The maximum absolute atomic E-state index is 12.7. The van der Waals surface area contributed by atoms with Crippen LogP contribution in [0.4, 0.5) is 0 Å². The summed E-state index contributed by atoms with van der Waals surface area (Å²) in [6, 6.07) is 5.88. The van der Waals surface area contributed by atoms with Crippen molar-refractivity contribution in [2.75, 3.05) is 12.5 Å². The molecule has 0 fully saturated rings. The zero-order valence-electron chi connectivity index (χ0n) is 16.1. The van der Waals surface area contributed by atoms with E-state index in [2.05, 4.69) is 37.9 Å². The van der Waals surface area contributed by atoms with Crippen molar-refractivity contribution < 1.29 is 18.7 Å². The normalized spacial score (nSPS) is 14.8. The highest BCUT2D eigenvalue weighted by molar-refractivity contribution is 7.99. The molecular weight excluding hydrogens is 366 g/mol. The number of carbonyl (C=O) groups excluding carboxylic acids is 1. The van der Waals surface area contributed by atoms with Gasteiger partial charge in [0.15, 0.2) is 11.5 Å². The fourth-order valence-corrected chi connectivity index (χ4v) is 3.56. The highest BCUT2D eigenvalue weighted by Gasteiger charge is 2.24. The summed E-state index contributed by atoms with van der Waals surface area (Å²) < 4.78 is 16.4. The summed E-state index contributed by atoms with van der Waals surface area (Å²) in [5.74, 6) is 2.12. The van der Waals surface area contributed by atoms with Crippen LogP contribution in [-0.2, 0) is 4.79 Å². The summed E-state index contributed by atoms with van der Waals surface area (Å²) in [7, 11) is 0. The lowest BCUT2D eigenvalue weighted by molar-refractivity contribution is -0.132. The smallest absolute Gasteiger partial charge is 0.277 e. The number of rotatable bonds is 8. The first-order valence-corrected chi connectivity index (χ1v) is 10.2. The van der Waals surface area contributed by atoms with Crippen LogP contribution in [0.25, 0.3) is 11.5 Å². The molecule has 1 aromatic heterocycles. The lowest BCUT2D eigenvalue weighted by atomic mass is 10.1. The molecule has 27 heavy (non-hydrogen) atoms. The van der Waals surface area contributed by atoms with Gasteiger partial charge in [0.2, 0.25) is 18.6 Å². The van der Waals surface area contributed by atoms with E-state index in [9.17, 15) is 4.79 Å². The number of hydrogen-bond acceptors (Lipinski definition) is 7. The van der Waals surface area contributed by atoms with Crippen LogP contribution in [0.15, 0.2) is 27.8 Å². The molecule has 2 heterocycles. The minimum Gasteiger partial charge on any atom is -0.454 e. The van der Waals surface area contributed by atoms with Crippen molar-refractivity contribution in [2.45, 2.75) is 57.8 Å². The molecule has 1 amide bonds. The highest BCUT2D eigenvalue weighted by atomic mass is 32.2. The Hall–Kier alpha value is -2.22. The molecule has 0 radical (unpaired) electrons. The molecule has 1 aromatic carbocycles. The molecule has 7 nitrogen and oxygen atoms in total. The third kappa shape index (κ3) is 4.37. The molecule has 2 aromatic rings. The molecule has 0 N–H and O–H groups in total. The molecule has 8 heteroatoms. The van der Waals surface area contributed by atoms with Gasteiger partial charge in [-0.2, -0.15) is 0 Å². The number of ether oxygens (including phenoxy) is 2. The number of thioether (sulfide) groups is 1. The van der Waals surface area contributed by atoms with E-state index in [4.69, 9.17) is 13.9 Å².